The van der Waals surface area contributed by atoms with Crippen molar-refractivity contribution >= 4 is 12.6 Å². The molecule has 1 heterocycles. The second-order valence-electron chi connectivity index (χ2n) is 8.63. The molecule has 0 N–H and O–H groups in total. The van der Waals surface area contributed by atoms with E-state index in [1.54, 1.807) is 0 Å². The highest BCUT2D eigenvalue weighted by Crippen LogP contribution is 2.36. The summed E-state index contributed by atoms with van der Waals surface area (Å²) in [6.45, 7) is 13.5. The lowest BCUT2D eigenvalue weighted by Crippen LogP contribution is -2.41. The maximum atomic E-state index is 6.10. The molecule has 0 unspecified atom stereocenters. The molecule has 0 radical (unpaired) electrons. The van der Waals surface area contributed by atoms with Crippen LogP contribution in [0.4, 0.5) is 0 Å². The van der Waals surface area contributed by atoms with Crippen molar-refractivity contribution in [3.05, 3.63) is 24.3 Å². The summed E-state index contributed by atoms with van der Waals surface area (Å²) in [4.78, 5) is 2.59. The molecular formula is C21H34BNO3. The van der Waals surface area contributed by atoms with E-state index in [0.717, 1.165) is 30.4 Å². The standard InChI is InChI=1S/C21H34BNO3/c1-6-7-14-23(18-10-11-18)15-16-24-19-12-8-17(9-13-19)22-25-20(2,3)21(4,5)26-22/h8-9,12-13,18H,6-7,10-11,14-16H2,1-5H3. The maximum Gasteiger partial charge on any atom is 0.494 e. The van der Waals surface area contributed by atoms with Gasteiger partial charge in [0.05, 0.1) is 11.2 Å². The zero-order valence-electron chi connectivity index (χ0n) is 17.1. The van der Waals surface area contributed by atoms with Crippen molar-refractivity contribution in [3.8, 4) is 5.75 Å². The molecule has 0 atom stereocenters. The Bertz CT molecular complexity index is 567. The highest BCUT2D eigenvalue weighted by molar-refractivity contribution is 6.62. The number of hydrogen-bond donors (Lipinski definition) is 0. The minimum absolute atomic E-state index is 0.308. The SMILES string of the molecule is CCCCN(CCOc1ccc(B2OC(C)(C)C(C)(C)O2)cc1)C1CC1. The Morgan fingerprint density at radius 2 is 1.65 bits per heavy atom. The third kappa shape index (κ3) is 4.62. The molecular weight excluding hydrogens is 325 g/mol. The average molecular weight is 359 g/mol. The van der Waals surface area contributed by atoms with E-state index < -0.39 is 0 Å². The molecule has 0 bridgehead atoms. The Morgan fingerprint density at radius 1 is 1.04 bits per heavy atom. The lowest BCUT2D eigenvalue weighted by Gasteiger charge is -2.32. The summed E-state index contributed by atoms with van der Waals surface area (Å²) in [7, 11) is -0.312. The summed E-state index contributed by atoms with van der Waals surface area (Å²) in [5.74, 6) is 0.913. The minimum Gasteiger partial charge on any atom is -0.492 e. The summed E-state index contributed by atoms with van der Waals surface area (Å²) >= 11 is 0. The zero-order chi connectivity index (χ0) is 18.8. The van der Waals surface area contributed by atoms with Crippen LogP contribution >= 0.6 is 0 Å². The van der Waals surface area contributed by atoms with Crippen LogP contribution in [-0.2, 0) is 9.31 Å². The normalized spacial score (nSPS) is 21.4. The number of unbranched alkanes of at least 4 members (excludes halogenated alkanes) is 1. The molecule has 1 aliphatic heterocycles. The second kappa shape index (κ2) is 7.91. The fraction of sp³-hybridized carbons (Fsp3) is 0.714. The van der Waals surface area contributed by atoms with Gasteiger partial charge in [0.1, 0.15) is 12.4 Å². The quantitative estimate of drug-likeness (QED) is 0.630. The first-order valence-electron chi connectivity index (χ1n) is 10.1. The number of ether oxygens (including phenoxy) is 1. The Labute approximate surface area is 159 Å². The molecule has 1 saturated carbocycles. The first-order valence-corrected chi connectivity index (χ1v) is 10.1. The summed E-state index contributed by atoms with van der Waals surface area (Å²) in [6.07, 6.45) is 5.24. The van der Waals surface area contributed by atoms with Gasteiger partial charge in [0.25, 0.3) is 0 Å². The molecule has 1 aliphatic carbocycles. The highest BCUT2D eigenvalue weighted by Gasteiger charge is 2.51. The third-order valence-corrected chi connectivity index (χ3v) is 5.91. The van der Waals surface area contributed by atoms with Crippen LogP contribution in [0.2, 0.25) is 0 Å². The van der Waals surface area contributed by atoms with E-state index in [9.17, 15) is 0 Å². The number of benzene rings is 1. The second-order valence-corrected chi connectivity index (χ2v) is 8.63. The van der Waals surface area contributed by atoms with Crippen molar-refractivity contribution < 1.29 is 14.0 Å². The first kappa shape index (κ1) is 19.7. The summed E-state index contributed by atoms with van der Waals surface area (Å²) in [6, 6.07) is 8.94. The van der Waals surface area contributed by atoms with Gasteiger partial charge in [0.2, 0.25) is 0 Å². The van der Waals surface area contributed by atoms with Crippen LogP contribution in [0.1, 0.15) is 60.3 Å². The fourth-order valence-electron chi connectivity index (χ4n) is 3.26. The Morgan fingerprint density at radius 3 is 2.19 bits per heavy atom. The van der Waals surface area contributed by atoms with E-state index in [0.29, 0.717) is 0 Å². The van der Waals surface area contributed by atoms with Crippen LogP contribution in [0.3, 0.4) is 0 Å². The molecule has 2 aliphatic rings. The predicted octanol–water partition coefficient (Wildman–Crippen LogP) is 3.63. The van der Waals surface area contributed by atoms with Crippen LogP contribution in [0, 0.1) is 0 Å². The van der Waals surface area contributed by atoms with E-state index in [-0.39, 0.29) is 18.3 Å². The fourth-order valence-corrected chi connectivity index (χ4v) is 3.26. The van der Waals surface area contributed by atoms with Crippen molar-refractivity contribution in [1.82, 2.24) is 4.90 Å². The molecule has 1 aromatic rings. The minimum atomic E-state index is -0.312. The van der Waals surface area contributed by atoms with Crippen molar-refractivity contribution in [2.24, 2.45) is 0 Å². The van der Waals surface area contributed by atoms with Gasteiger partial charge in [0, 0.05) is 12.6 Å². The molecule has 4 nitrogen and oxygen atoms in total. The Hall–Kier alpha value is -1.04. The molecule has 1 aromatic carbocycles. The van der Waals surface area contributed by atoms with Crippen LogP contribution in [0.5, 0.6) is 5.75 Å². The van der Waals surface area contributed by atoms with Gasteiger partial charge in [-0.05, 0) is 71.1 Å². The van der Waals surface area contributed by atoms with E-state index in [2.05, 4.69) is 39.5 Å². The van der Waals surface area contributed by atoms with Crippen LogP contribution in [0.25, 0.3) is 0 Å². The lowest BCUT2D eigenvalue weighted by molar-refractivity contribution is 0.00578. The third-order valence-electron chi connectivity index (χ3n) is 5.91. The molecule has 0 aromatic heterocycles. The van der Waals surface area contributed by atoms with Crippen LogP contribution < -0.4 is 10.2 Å². The molecule has 144 valence electrons. The van der Waals surface area contributed by atoms with Gasteiger partial charge in [0.15, 0.2) is 0 Å². The highest BCUT2D eigenvalue weighted by atomic mass is 16.7. The van der Waals surface area contributed by atoms with Crippen molar-refractivity contribution in [1.29, 1.82) is 0 Å². The van der Waals surface area contributed by atoms with Gasteiger partial charge in [-0.3, -0.25) is 4.90 Å². The maximum absolute atomic E-state index is 6.10. The Kier molecular flexibility index (Phi) is 6.00. The van der Waals surface area contributed by atoms with Gasteiger partial charge in [-0.25, -0.2) is 0 Å². The Balaban J connectivity index is 1.49. The zero-order valence-corrected chi connectivity index (χ0v) is 17.1. The van der Waals surface area contributed by atoms with E-state index >= 15 is 0 Å². The lowest BCUT2D eigenvalue weighted by atomic mass is 9.79. The van der Waals surface area contributed by atoms with Gasteiger partial charge in [-0.15, -0.1) is 0 Å². The largest absolute Gasteiger partial charge is 0.494 e. The van der Waals surface area contributed by atoms with Gasteiger partial charge in [-0.2, -0.15) is 0 Å². The molecule has 3 rings (SSSR count). The van der Waals surface area contributed by atoms with Crippen molar-refractivity contribution in [2.45, 2.75) is 77.5 Å². The van der Waals surface area contributed by atoms with Crippen molar-refractivity contribution in [2.75, 3.05) is 19.7 Å². The van der Waals surface area contributed by atoms with Crippen molar-refractivity contribution in [3.63, 3.8) is 0 Å². The molecule has 0 amide bonds. The van der Waals surface area contributed by atoms with Crippen LogP contribution in [-0.4, -0.2) is 49.0 Å². The van der Waals surface area contributed by atoms with Crippen LogP contribution in [0.15, 0.2) is 24.3 Å². The topological polar surface area (TPSA) is 30.9 Å². The summed E-state index contributed by atoms with van der Waals surface area (Å²) < 4.78 is 18.2. The molecule has 1 saturated heterocycles. The average Bonchev–Trinajstić information content (AvgIpc) is 3.39. The van der Waals surface area contributed by atoms with Gasteiger partial charge >= 0.3 is 7.12 Å². The van der Waals surface area contributed by atoms with E-state index in [1.807, 2.05) is 24.3 Å². The molecule has 5 heteroatoms. The first-order chi connectivity index (χ1) is 12.3. The molecule has 0 spiro atoms. The summed E-state index contributed by atoms with van der Waals surface area (Å²) in [5, 5.41) is 0. The van der Waals surface area contributed by atoms with Gasteiger partial charge in [-0.1, -0.05) is 25.5 Å². The number of rotatable bonds is 9. The van der Waals surface area contributed by atoms with E-state index in [4.69, 9.17) is 14.0 Å². The monoisotopic (exact) mass is 359 g/mol. The summed E-state index contributed by atoms with van der Waals surface area (Å²) in [5.41, 5.74) is 0.424. The number of nitrogens with zero attached hydrogens (tertiary/aromatic N) is 1. The smallest absolute Gasteiger partial charge is 0.492 e. The molecule has 26 heavy (non-hydrogen) atoms. The molecule has 2 fully saturated rings. The predicted molar refractivity (Wildman–Crippen MR) is 107 cm³/mol. The van der Waals surface area contributed by atoms with E-state index in [1.165, 1.54) is 32.2 Å². The van der Waals surface area contributed by atoms with Gasteiger partial charge < -0.3 is 14.0 Å². The number of hydrogen-bond acceptors (Lipinski definition) is 4.